The molecule has 1 aromatic carbocycles. The lowest BCUT2D eigenvalue weighted by Gasteiger charge is -2.38. The van der Waals surface area contributed by atoms with Crippen LogP contribution in [0.5, 0.6) is 0 Å². The molecule has 3 rings (SSSR count). The van der Waals surface area contributed by atoms with E-state index in [1.165, 1.54) is 109 Å². The molecule has 0 radical (unpaired) electrons. The molecular formula is C30H46FN. The number of nitriles is 1. The number of aryl methyl sites for hydroxylation is 1. The Morgan fingerprint density at radius 3 is 1.91 bits per heavy atom. The molecule has 0 spiro atoms. The molecule has 2 fully saturated rings. The highest BCUT2D eigenvalue weighted by Gasteiger charge is 2.30. The SMILES string of the molecule is CCCCCCCCCC1CCC(C2CCC(CCc3ccc(C#N)c(F)c3)CC2)CC1. The third-order valence-electron chi connectivity index (χ3n) is 8.66. The van der Waals surface area contributed by atoms with E-state index in [9.17, 15) is 4.39 Å². The van der Waals surface area contributed by atoms with Crippen LogP contribution in [0.25, 0.3) is 0 Å². The fourth-order valence-electron chi connectivity index (χ4n) is 6.46. The van der Waals surface area contributed by atoms with Crippen LogP contribution in [-0.2, 0) is 6.42 Å². The van der Waals surface area contributed by atoms with Crippen molar-refractivity contribution in [2.75, 3.05) is 0 Å². The molecule has 0 heterocycles. The van der Waals surface area contributed by atoms with Crippen LogP contribution in [0.3, 0.4) is 0 Å². The fraction of sp³-hybridized carbons (Fsp3) is 0.767. The van der Waals surface area contributed by atoms with Crippen LogP contribution in [-0.4, -0.2) is 0 Å². The van der Waals surface area contributed by atoms with Gasteiger partial charge in [-0.05, 0) is 79.9 Å². The van der Waals surface area contributed by atoms with Gasteiger partial charge < -0.3 is 0 Å². The summed E-state index contributed by atoms with van der Waals surface area (Å²) in [6, 6.07) is 7.04. The summed E-state index contributed by atoms with van der Waals surface area (Å²) in [5.74, 6) is 3.42. The maximum atomic E-state index is 13.8. The second-order valence-electron chi connectivity index (χ2n) is 10.9. The first kappa shape index (κ1) is 25.3. The predicted octanol–water partition coefficient (Wildman–Crippen LogP) is 9.38. The Bertz CT molecular complexity index is 689. The van der Waals surface area contributed by atoms with Crippen LogP contribution in [0, 0.1) is 40.8 Å². The van der Waals surface area contributed by atoms with Gasteiger partial charge in [-0.3, -0.25) is 0 Å². The summed E-state index contributed by atoms with van der Waals surface area (Å²) in [6.07, 6.45) is 25.2. The maximum Gasteiger partial charge on any atom is 0.141 e. The monoisotopic (exact) mass is 439 g/mol. The number of unbranched alkanes of at least 4 members (excludes halogenated alkanes) is 6. The lowest BCUT2D eigenvalue weighted by Crippen LogP contribution is -2.26. The van der Waals surface area contributed by atoms with Crippen molar-refractivity contribution in [2.45, 2.75) is 122 Å². The summed E-state index contributed by atoms with van der Waals surface area (Å²) in [5, 5.41) is 8.88. The Morgan fingerprint density at radius 1 is 0.781 bits per heavy atom. The maximum absolute atomic E-state index is 13.8. The second kappa shape index (κ2) is 14.0. The van der Waals surface area contributed by atoms with Gasteiger partial charge in [-0.25, -0.2) is 4.39 Å². The average Bonchev–Trinajstić information content (AvgIpc) is 2.83. The van der Waals surface area contributed by atoms with Gasteiger partial charge in [0.05, 0.1) is 5.56 Å². The first-order chi connectivity index (χ1) is 15.7. The first-order valence-electron chi connectivity index (χ1n) is 13.9. The van der Waals surface area contributed by atoms with Gasteiger partial charge in [0.1, 0.15) is 11.9 Å². The van der Waals surface area contributed by atoms with Gasteiger partial charge in [0, 0.05) is 0 Å². The van der Waals surface area contributed by atoms with Gasteiger partial charge in [-0.1, -0.05) is 90.0 Å². The van der Waals surface area contributed by atoms with Gasteiger partial charge in [0.2, 0.25) is 0 Å². The Morgan fingerprint density at radius 2 is 1.34 bits per heavy atom. The highest BCUT2D eigenvalue weighted by molar-refractivity contribution is 5.33. The van der Waals surface area contributed by atoms with E-state index in [0.29, 0.717) is 0 Å². The summed E-state index contributed by atoms with van der Waals surface area (Å²) in [6.45, 7) is 2.30. The van der Waals surface area contributed by atoms with Crippen molar-refractivity contribution in [2.24, 2.45) is 23.7 Å². The molecule has 0 unspecified atom stereocenters. The largest absolute Gasteiger partial charge is 0.206 e. The van der Waals surface area contributed by atoms with Crippen molar-refractivity contribution in [1.29, 1.82) is 5.26 Å². The van der Waals surface area contributed by atoms with Gasteiger partial charge in [-0.15, -0.1) is 0 Å². The van der Waals surface area contributed by atoms with Crippen molar-refractivity contribution in [1.82, 2.24) is 0 Å². The molecule has 2 heteroatoms. The molecule has 0 bridgehead atoms. The van der Waals surface area contributed by atoms with Gasteiger partial charge in [0.25, 0.3) is 0 Å². The standard InChI is InChI=1S/C30H46FN/c1-2-3-4-5-6-7-8-9-24-12-17-27(18-13-24)28-19-14-25(15-20-28)10-11-26-16-21-29(23-32)30(31)22-26/h16,21-22,24-25,27-28H,2-15,17-20H2,1H3. The molecule has 2 aliphatic carbocycles. The van der Waals surface area contributed by atoms with E-state index in [-0.39, 0.29) is 11.4 Å². The molecule has 0 aromatic heterocycles. The molecule has 0 amide bonds. The molecule has 178 valence electrons. The summed E-state index contributed by atoms with van der Waals surface area (Å²) in [4.78, 5) is 0. The molecule has 0 N–H and O–H groups in total. The Kier molecular flexibility index (Phi) is 11.1. The average molecular weight is 440 g/mol. The molecule has 2 aliphatic rings. The zero-order chi connectivity index (χ0) is 22.6. The molecule has 0 aliphatic heterocycles. The lowest BCUT2D eigenvalue weighted by molar-refractivity contribution is 0.140. The Balaban J connectivity index is 1.26. The van der Waals surface area contributed by atoms with Crippen molar-refractivity contribution in [3.8, 4) is 6.07 Å². The third-order valence-corrected chi connectivity index (χ3v) is 8.66. The lowest BCUT2D eigenvalue weighted by atomic mass is 9.68. The van der Waals surface area contributed by atoms with Crippen molar-refractivity contribution >= 4 is 0 Å². The topological polar surface area (TPSA) is 23.8 Å². The number of nitrogens with zero attached hydrogens (tertiary/aromatic N) is 1. The summed E-state index contributed by atoms with van der Waals surface area (Å²) < 4.78 is 13.8. The van der Waals surface area contributed by atoms with Crippen molar-refractivity contribution in [3.63, 3.8) is 0 Å². The van der Waals surface area contributed by atoms with E-state index in [2.05, 4.69) is 6.92 Å². The van der Waals surface area contributed by atoms with Crippen LogP contribution in [0.15, 0.2) is 18.2 Å². The van der Waals surface area contributed by atoms with E-state index in [1.54, 1.807) is 12.1 Å². The third kappa shape index (κ3) is 8.20. The minimum atomic E-state index is -0.365. The van der Waals surface area contributed by atoms with Crippen molar-refractivity contribution < 1.29 is 4.39 Å². The summed E-state index contributed by atoms with van der Waals surface area (Å²) >= 11 is 0. The number of hydrogen-bond acceptors (Lipinski definition) is 1. The van der Waals surface area contributed by atoms with Crippen LogP contribution in [0.4, 0.5) is 4.39 Å². The Labute approximate surface area is 197 Å². The highest BCUT2D eigenvalue weighted by Crippen LogP contribution is 2.43. The first-order valence-corrected chi connectivity index (χ1v) is 13.9. The minimum absolute atomic E-state index is 0.159. The quantitative estimate of drug-likeness (QED) is 0.297. The normalized spacial score (nSPS) is 26.0. The smallest absolute Gasteiger partial charge is 0.141 e. The molecular weight excluding hydrogens is 393 g/mol. The second-order valence-corrected chi connectivity index (χ2v) is 10.9. The number of rotatable bonds is 12. The Hall–Kier alpha value is -1.36. The zero-order valence-electron chi connectivity index (χ0n) is 20.6. The van der Waals surface area contributed by atoms with E-state index in [1.807, 2.05) is 12.1 Å². The van der Waals surface area contributed by atoms with Gasteiger partial charge >= 0.3 is 0 Å². The fourth-order valence-corrected chi connectivity index (χ4v) is 6.46. The van der Waals surface area contributed by atoms with Gasteiger partial charge in [0.15, 0.2) is 0 Å². The van der Waals surface area contributed by atoms with E-state index < -0.39 is 0 Å². The highest BCUT2D eigenvalue weighted by atomic mass is 19.1. The van der Waals surface area contributed by atoms with E-state index in [0.717, 1.165) is 35.7 Å². The molecule has 2 saturated carbocycles. The zero-order valence-corrected chi connectivity index (χ0v) is 20.6. The molecule has 1 aromatic rings. The van der Waals surface area contributed by atoms with Crippen LogP contribution < -0.4 is 0 Å². The molecule has 0 saturated heterocycles. The number of hydrogen-bond donors (Lipinski definition) is 0. The van der Waals surface area contributed by atoms with Crippen LogP contribution in [0.1, 0.15) is 127 Å². The molecule has 1 nitrogen and oxygen atoms in total. The van der Waals surface area contributed by atoms with Crippen LogP contribution in [0.2, 0.25) is 0 Å². The molecule has 0 atom stereocenters. The summed E-state index contributed by atoms with van der Waals surface area (Å²) in [5.41, 5.74) is 1.20. The van der Waals surface area contributed by atoms with Crippen molar-refractivity contribution in [3.05, 3.63) is 35.1 Å². The number of halogens is 1. The predicted molar refractivity (Wildman–Crippen MR) is 133 cm³/mol. The molecule has 32 heavy (non-hydrogen) atoms. The van der Waals surface area contributed by atoms with Crippen LogP contribution >= 0.6 is 0 Å². The number of benzene rings is 1. The van der Waals surface area contributed by atoms with E-state index in [4.69, 9.17) is 5.26 Å². The minimum Gasteiger partial charge on any atom is -0.206 e. The van der Waals surface area contributed by atoms with E-state index >= 15 is 0 Å². The van der Waals surface area contributed by atoms with Gasteiger partial charge in [-0.2, -0.15) is 5.26 Å². The summed E-state index contributed by atoms with van der Waals surface area (Å²) in [7, 11) is 0.